The zero-order valence-corrected chi connectivity index (χ0v) is 14.3. The number of fused-ring (bicyclic) bond motifs is 1. The second-order valence-electron chi connectivity index (χ2n) is 6.67. The first-order valence-electron chi connectivity index (χ1n) is 8.94. The minimum atomic E-state index is 0.859. The SMILES string of the molecule is CCC1CNCCC1CCCc1ccnc2ccc(OC)cc12. The molecule has 1 aromatic carbocycles. The molecule has 0 spiro atoms. The first-order chi connectivity index (χ1) is 11.3. The number of methoxy groups -OCH3 is 1. The average molecular weight is 312 g/mol. The number of rotatable bonds is 6. The number of pyridine rings is 1. The minimum Gasteiger partial charge on any atom is -0.497 e. The zero-order chi connectivity index (χ0) is 16.1. The lowest BCUT2D eigenvalue weighted by Crippen LogP contribution is -2.36. The van der Waals surface area contributed by atoms with Gasteiger partial charge in [0.05, 0.1) is 12.6 Å². The fourth-order valence-electron chi connectivity index (χ4n) is 3.92. The quantitative estimate of drug-likeness (QED) is 0.868. The number of ether oxygens (including phenoxy) is 1. The van der Waals surface area contributed by atoms with E-state index >= 15 is 0 Å². The molecule has 2 aromatic rings. The van der Waals surface area contributed by atoms with Crippen LogP contribution in [-0.2, 0) is 6.42 Å². The Bertz CT molecular complexity index is 641. The van der Waals surface area contributed by atoms with Gasteiger partial charge in [-0.1, -0.05) is 13.3 Å². The summed E-state index contributed by atoms with van der Waals surface area (Å²) in [5.74, 6) is 2.66. The van der Waals surface area contributed by atoms with Gasteiger partial charge in [-0.2, -0.15) is 0 Å². The molecule has 3 rings (SSSR count). The number of piperidine rings is 1. The van der Waals surface area contributed by atoms with Gasteiger partial charge >= 0.3 is 0 Å². The number of nitrogens with zero attached hydrogens (tertiary/aromatic N) is 1. The van der Waals surface area contributed by atoms with Gasteiger partial charge in [0.2, 0.25) is 0 Å². The van der Waals surface area contributed by atoms with Crippen LogP contribution in [0.3, 0.4) is 0 Å². The summed E-state index contributed by atoms with van der Waals surface area (Å²) in [6.45, 7) is 4.72. The second kappa shape index (κ2) is 7.78. The van der Waals surface area contributed by atoms with Crippen LogP contribution in [0.2, 0.25) is 0 Å². The monoisotopic (exact) mass is 312 g/mol. The van der Waals surface area contributed by atoms with Gasteiger partial charge in [0.25, 0.3) is 0 Å². The molecule has 0 aliphatic carbocycles. The topological polar surface area (TPSA) is 34.2 Å². The van der Waals surface area contributed by atoms with Gasteiger partial charge in [0, 0.05) is 11.6 Å². The van der Waals surface area contributed by atoms with Crippen LogP contribution in [0.1, 0.15) is 38.2 Å². The highest BCUT2D eigenvalue weighted by Crippen LogP contribution is 2.28. The third-order valence-corrected chi connectivity index (χ3v) is 5.35. The average Bonchev–Trinajstić information content (AvgIpc) is 2.62. The van der Waals surface area contributed by atoms with Crippen molar-refractivity contribution in [3.63, 3.8) is 0 Å². The van der Waals surface area contributed by atoms with E-state index in [4.69, 9.17) is 4.74 Å². The molecule has 0 radical (unpaired) electrons. The fourth-order valence-corrected chi connectivity index (χ4v) is 3.92. The van der Waals surface area contributed by atoms with E-state index in [1.807, 2.05) is 12.3 Å². The highest BCUT2D eigenvalue weighted by molar-refractivity contribution is 5.83. The number of hydrogen-bond acceptors (Lipinski definition) is 3. The van der Waals surface area contributed by atoms with Crippen molar-refractivity contribution >= 4 is 10.9 Å². The second-order valence-corrected chi connectivity index (χ2v) is 6.67. The van der Waals surface area contributed by atoms with Crippen LogP contribution < -0.4 is 10.1 Å². The predicted molar refractivity (Wildman–Crippen MR) is 96.0 cm³/mol. The van der Waals surface area contributed by atoms with E-state index in [0.29, 0.717) is 0 Å². The smallest absolute Gasteiger partial charge is 0.119 e. The van der Waals surface area contributed by atoms with E-state index < -0.39 is 0 Å². The lowest BCUT2D eigenvalue weighted by molar-refractivity contribution is 0.230. The van der Waals surface area contributed by atoms with Crippen molar-refractivity contribution in [2.45, 2.75) is 39.0 Å². The number of aromatic nitrogens is 1. The molecule has 124 valence electrons. The summed E-state index contributed by atoms with van der Waals surface area (Å²) in [4.78, 5) is 4.48. The van der Waals surface area contributed by atoms with Gasteiger partial charge < -0.3 is 10.1 Å². The molecule has 0 bridgehead atoms. The van der Waals surface area contributed by atoms with Crippen molar-refractivity contribution in [1.82, 2.24) is 10.3 Å². The van der Waals surface area contributed by atoms with E-state index in [0.717, 1.165) is 29.5 Å². The van der Waals surface area contributed by atoms with Gasteiger partial charge in [-0.25, -0.2) is 0 Å². The third-order valence-electron chi connectivity index (χ3n) is 5.35. The molecule has 3 heteroatoms. The summed E-state index contributed by atoms with van der Waals surface area (Å²) in [5, 5.41) is 4.78. The largest absolute Gasteiger partial charge is 0.497 e. The zero-order valence-electron chi connectivity index (χ0n) is 14.3. The van der Waals surface area contributed by atoms with E-state index in [1.165, 1.54) is 49.7 Å². The number of nitrogens with one attached hydrogen (secondary N) is 1. The summed E-state index contributed by atoms with van der Waals surface area (Å²) < 4.78 is 5.37. The Morgan fingerprint density at radius 3 is 3.00 bits per heavy atom. The number of benzene rings is 1. The molecule has 2 heterocycles. The molecular weight excluding hydrogens is 284 g/mol. The van der Waals surface area contributed by atoms with Gasteiger partial charge in [0.1, 0.15) is 5.75 Å². The Morgan fingerprint density at radius 2 is 2.17 bits per heavy atom. The Balaban J connectivity index is 1.67. The fraction of sp³-hybridized carbons (Fsp3) is 0.550. The molecule has 2 unspecified atom stereocenters. The minimum absolute atomic E-state index is 0.859. The van der Waals surface area contributed by atoms with Gasteiger partial charge in [-0.3, -0.25) is 4.98 Å². The predicted octanol–water partition coefficient (Wildman–Crippen LogP) is 4.20. The first-order valence-corrected chi connectivity index (χ1v) is 8.94. The maximum atomic E-state index is 5.37. The maximum Gasteiger partial charge on any atom is 0.119 e. The van der Waals surface area contributed by atoms with Crippen LogP contribution >= 0.6 is 0 Å². The van der Waals surface area contributed by atoms with Crippen molar-refractivity contribution in [3.05, 3.63) is 36.0 Å². The van der Waals surface area contributed by atoms with Gasteiger partial charge in [0.15, 0.2) is 0 Å². The summed E-state index contributed by atoms with van der Waals surface area (Å²) in [7, 11) is 1.72. The Hall–Kier alpha value is -1.61. The molecule has 0 saturated carbocycles. The van der Waals surface area contributed by atoms with Crippen molar-refractivity contribution in [2.24, 2.45) is 11.8 Å². The highest BCUT2D eigenvalue weighted by atomic mass is 16.5. The molecule has 1 aliphatic heterocycles. The summed E-state index contributed by atoms with van der Waals surface area (Å²) in [5.41, 5.74) is 2.47. The molecule has 1 N–H and O–H groups in total. The molecule has 1 saturated heterocycles. The van der Waals surface area contributed by atoms with Crippen LogP contribution in [-0.4, -0.2) is 25.2 Å². The summed E-state index contributed by atoms with van der Waals surface area (Å²) in [6, 6.07) is 8.33. The van der Waals surface area contributed by atoms with Crippen molar-refractivity contribution in [2.75, 3.05) is 20.2 Å². The van der Waals surface area contributed by atoms with E-state index in [-0.39, 0.29) is 0 Å². The highest BCUT2D eigenvalue weighted by Gasteiger charge is 2.22. The van der Waals surface area contributed by atoms with Crippen LogP contribution in [0, 0.1) is 11.8 Å². The lowest BCUT2D eigenvalue weighted by atomic mass is 9.81. The molecule has 0 amide bonds. The number of aryl methyl sites for hydroxylation is 1. The van der Waals surface area contributed by atoms with Crippen molar-refractivity contribution < 1.29 is 4.74 Å². The molecule has 1 aliphatic rings. The van der Waals surface area contributed by atoms with E-state index in [2.05, 4.69) is 35.4 Å². The van der Waals surface area contributed by atoms with E-state index in [1.54, 1.807) is 7.11 Å². The third kappa shape index (κ3) is 3.84. The molecule has 1 aromatic heterocycles. The van der Waals surface area contributed by atoms with Crippen molar-refractivity contribution in [3.8, 4) is 5.75 Å². The Morgan fingerprint density at radius 1 is 1.26 bits per heavy atom. The summed E-state index contributed by atoms with van der Waals surface area (Å²) >= 11 is 0. The summed E-state index contributed by atoms with van der Waals surface area (Å²) in [6.07, 6.45) is 8.30. The van der Waals surface area contributed by atoms with Crippen LogP contribution in [0.4, 0.5) is 0 Å². The van der Waals surface area contributed by atoms with Crippen LogP contribution in [0.25, 0.3) is 10.9 Å². The van der Waals surface area contributed by atoms with Crippen LogP contribution in [0.5, 0.6) is 5.75 Å². The normalized spacial score (nSPS) is 21.5. The van der Waals surface area contributed by atoms with Crippen molar-refractivity contribution in [1.29, 1.82) is 0 Å². The van der Waals surface area contributed by atoms with Gasteiger partial charge in [-0.05, 0) is 80.4 Å². The molecule has 1 fully saturated rings. The lowest BCUT2D eigenvalue weighted by Gasteiger charge is -2.31. The molecule has 23 heavy (non-hydrogen) atoms. The first kappa shape index (κ1) is 16.3. The Kier molecular flexibility index (Phi) is 5.50. The van der Waals surface area contributed by atoms with E-state index in [9.17, 15) is 0 Å². The maximum absolute atomic E-state index is 5.37. The number of hydrogen-bond donors (Lipinski definition) is 1. The standard InChI is InChI=1S/C20H28N2O/c1-3-15-14-21-11-9-16(15)5-4-6-17-10-12-22-20-8-7-18(23-2)13-19(17)20/h7-8,10,12-13,15-16,21H,3-6,9,11,14H2,1-2H3. The van der Waals surface area contributed by atoms with Crippen LogP contribution in [0.15, 0.2) is 30.5 Å². The Labute approximate surface area is 139 Å². The molecule has 3 nitrogen and oxygen atoms in total. The molecule has 2 atom stereocenters. The van der Waals surface area contributed by atoms with Gasteiger partial charge in [-0.15, -0.1) is 0 Å². The molecular formula is C20H28N2O.